The Morgan fingerprint density at radius 2 is 2.18 bits per heavy atom. The molecule has 5 nitrogen and oxygen atoms in total. The summed E-state index contributed by atoms with van der Waals surface area (Å²) < 4.78 is 5.51. The summed E-state index contributed by atoms with van der Waals surface area (Å²) in [5.74, 6) is 0.699. The number of anilines is 1. The number of nitrogens with zero attached hydrogens (tertiary/aromatic N) is 1. The van der Waals surface area contributed by atoms with Gasteiger partial charge in [-0.05, 0) is 44.0 Å². The Bertz CT molecular complexity index is 498. The van der Waals surface area contributed by atoms with Crippen molar-refractivity contribution in [1.82, 2.24) is 4.90 Å². The summed E-state index contributed by atoms with van der Waals surface area (Å²) in [4.78, 5) is 14.3. The lowest BCUT2D eigenvalue weighted by atomic mass is 9.90. The van der Waals surface area contributed by atoms with E-state index in [0.29, 0.717) is 25.4 Å². The normalized spacial score (nSPS) is 21.2. The van der Waals surface area contributed by atoms with Crippen LogP contribution in [0.1, 0.15) is 20.3 Å². The minimum atomic E-state index is -0.0107. The van der Waals surface area contributed by atoms with Gasteiger partial charge in [-0.3, -0.25) is 9.69 Å². The number of rotatable bonds is 6. The maximum absolute atomic E-state index is 12.2. The maximum Gasteiger partial charge on any atom is 0.238 e. The predicted octanol–water partition coefficient (Wildman–Crippen LogP) is 2.12. The van der Waals surface area contributed by atoms with E-state index in [9.17, 15) is 4.79 Å². The predicted molar refractivity (Wildman–Crippen MR) is 91.7 cm³/mol. The van der Waals surface area contributed by atoms with E-state index in [1.54, 1.807) is 0 Å². The molecule has 1 heterocycles. The average Bonchev–Trinajstić information content (AvgIpc) is 2.83. The topological polar surface area (TPSA) is 67.6 Å². The van der Waals surface area contributed by atoms with Gasteiger partial charge in [-0.15, -0.1) is 12.4 Å². The molecule has 0 bridgehead atoms. The summed E-state index contributed by atoms with van der Waals surface area (Å²) in [6.07, 6.45) is 1.05. The van der Waals surface area contributed by atoms with Crippen LogP contribution in [0.2, 0.25) is 0 Å². The number of amides is 1. The van der Waals surface area contributed by atoms with Crippen LogP contribution in [-0.4, -0.2) is 43.6 Å². The van der Waals surface area contributed by atoms with Gasteiger partial charge in [-0.1, -0.05) is 19.1 Å². The Labute approximate surface area is 138 Å². The van der Waals surface area contributed by atoms with Crippen LogP contribution in [-0.2, 0) is 4.79 Å². The van der Waals surface area contributed by atoms with Crippen LogP contribution in [0.3, 0.4) is 0 Å². The molecule has 0 aliphatic carbocycles. The SMILES string of the molecule is CCOc1ccccc1NC(=O)CN1CCC(C)(CN)C1.Cl. The standard InChI is InChI=1S/C16H25N3O2.ClH/c1-3-21-14-7-5-4-6-13(14)18-15(20)10-19-9-8-16(2,11-17)12-19;/h4-7H,3,8-12,17H2,1-2H3,(H,18,20);1H. The molecule has 0 radical (unpaired) electrons. The van der Waals surface area contributed by atoms with Crippen molar-refractivity contribution in [2.45, 2.75) is 20.3 Å². The molecule has 1 aliphatic heterocycles. The highest BCUT2D eigenvalue weighted by Gasteiger charge is 2.33. The van der Waals surface area contributed by atoms with E-state index in [0.717, 1.165) is 25.2 Å². The zero-order valence-electron chi connectivity index (χ0n) is 13.3. The summed E-state index contributed by atoms with van der Waals surface area (Å²) in [6.45, 7) is 7.55. The lowest BCUT2D eigenvalue weighted by Crippen LogP contribution is -2.35. The molecular weight excluding hydrogens is 302 g/mol. The second-order valence-electron chi connectivity index (χ2n) is 5.95. The van der Waals surface area contributed by atoms with Crippen molar-refractivity contribution >= 4 is 24.0 Å². The summed E-state index contributed by atoms with van der Waals surface area (Å²) in [7, 11) is 0. The number of benzene rings is 1. The van der Waals surface area contributed by atoms with E-state index in [2.05, 4.69) is 17.1 Å². The number of nitrogens with two attached hydrogens (primary N) is 1. The molecule has 0 aromatic heterocycles. The fourth-order valence-corrected chi connectivity index (χ4v) is 2.67. The summed E-state index contributed by atoms with van der Waals surface area (Å²) >= 11 is 0. The maximum atomic E-state index is 12.2. The van der Waals surface area contributed by atoms with Gasteiger partial charge in [-0.25, -0.2) is 0 Å². The van der Waals surface area contributed by atoms with E-state index < -0.39 is 0 Å². The van der Waals surface area contributed by atoms with Gasteiger partial charge in [0.15, 0.2) is 0 Å². The summed E-state index contributed by atoms with van der Waals surface area (Å²) in [5.41, 5.74) is 6.66. The van der Waals surface area contributed by atoms with Crippen LogP contribution in [0.25, 0.3) is 0 Å². The first kappa shape index (κ1) is 18.7. The molecule has 1 saturated heterocycles. The lowest BCUT2D eigenvalue weighted by Gasteiger charge is -2.22. The van der Waals surface area contributed by atoms with Crippen LogP contribution in [0.5, 0.6) is 5.75 Å². The second-order valence-corrected chi connectivity index (χ2v) is 5.95. The van der Waals surface area contributed by atoms with Crippen LogP contribution >= 0.6 is 12.4 Å². The molecular formula is C16H26ClN3O2. The first-order chi connectivity index (χ1) is 10.1. The number of likely N-dealkylation sites (tertiary alicyclic amines) is 1. The molecule has 2 rings (SSSR count). The number of para-hydroxylation sites is 2. The van der Waals surface area contributed by atoms with Crippen molar-refractivity contribution in [2.75, 3.05) is 38.1 Å². The van der Waals surface area contributed by atoms with E-state index in [1.165, 1.54) is 0 Å². The Kier molecular flexibility index (Phi) is 7.13. The third-order valence-electron chi connectivity index (χ3n) is 3.96. The number of hydrogen-bond donors (Lipinski definition) is 2. The number of carbonyl (C=O) groups is 1. The van der Waals surface area contributed by atoms with E-state index in [1.807, 2.05) is 31.2 Å². The molecule has 1 aromatic carbocycles. The largest absolute Gasteiger partial charge is 0.492 e. The first-order valence-corrected chi connectivity index (χ1v) is 7.50. The smallest absolute Gasteiger partial charge is 0.238 e. The van der Waals surface area contributed by atoms with Crippen LogP contribution in [0, 0.1) is 5.41 Å². The van der Waals surface area contributed by atoms with Gasteiger partial charge < -0.3 is 15.8 Å². The van der Waals surface area contributed by atoms with Crippen LogP contribution in [0.15, 0.2) is 24.3 Å². The summed E-state index contributed by atoms with van der Waals surface area (Å²) in [6, 6.07) is 7.50. The van der Waals surface area contributed by atoms with E-state index in [4.69, 9.17) is 10.5 Å². The van der Waals surface area contributed by atoms with Crippen LogP contribution in [0.4, 0.5) is 5.69 Å². The minimum absolute atomic E-state index is 0. The van der Waals surface area contributed by atoms with Crippen LogP contribution < -0.4 is 15.8 Å². The number of nitrogens with one attached hydrogen (secondary N) is 1. The highest BCUT2D eigenvalue weighted by molar-refractivity contribution is 5.93. The molecule has 0 saturated carbocycles. The van der Waals surface area contributed by atoms with Gasteiger partial charge in [0.1, 0.15) is 5.75 Å². The van der Waals surface area contributed by atoms with Crippen molar-refractivity contribution < 1.29 is 9.53 Å². The molecule has 1 unspecified atom stereocenters. The Morgan fingerprint density at radius 3 is 2.82 bits per heavy atom. The zero-order chi connectivity index (χ0) is 15.3. The first-order valence-electron chi connectivity index (χ1n) is 7.50. The summed E-state index contributed by atoms with van der Waals surface area (Å²) in [5, 5.41) is 2.93. The highest BCUT2D eigenvalue weighted by Crippen LogP contribution is 2.28. The fraction of sp³-hybridized carbons (Fsp3) is 0.562. The molecule has 6 heteroatoms. The molecule has 3 N–H and O–H groups in total. The molecule has 1 aliphatic rings. The molecule has 22 heavy (non-hydrogen) atoms. The van der Waals surface area contributed by atoms with Gasteiger partial charge in [0.25, 0.3) is 0 Å². The molecule has 1 atom stereocenters. The van der Waals surface area contributed by atoms with Gasteiger partial charge in [-0.2, -0.15) is 0 Å². The molecule has 0 spiro atoms. The molecule has 124 valence electrons. The molecule has 1 amide bonds. The Morgan fingerprint density at radius 1 is 1.45 bits per heavy atom. The van der Waals surface area contributed by atoms with Gasteiger partial charge in [0, 0.05) is 6.54 Å². The Hall–Kier alpha value is -1.30. The number of halogens is 1. The highest BCUT2D eigenvalue weighted by atomic mass is 35.5. The van der Waals surface area contributed by atoms with Crippen molar-refractivity contribution in [3.63, 3.8) is 0 Å². The van der Waals surface area contributed by atoms with E-state index in [-0.39, 0.29) is 23.7 Å². The third kappa shape index (κ3) is 4.87. The van der Waals surface area contributed by atoms with Crippen molar-refractivity contribution in [3.8, 4) is 5.75 Å². The van der Waals surface area contributed by atoms with Gasteiger partial charge in [0.2, 0.25) is 5.91 Å². The Balaban J connectivity index is 0.00000242. The average molecular weight is 328 g/mol. The minimum Gasteiger partial charge on any atom is -0.492 e. The molecule has 1 fully saturated rings. The quantitative estimate of drug-likeness (QED) is 0.840. The van der Waals surface area contributed by atoms with Gasteiger partial charge in [0.05, 0.1) is 18.8 Å². The van der Waals surface area contributed by atoms with Crippen molar-refractivity contribution in [2.24, 2.45) is 11.1 Å². The monoisotopic (exact) mass is 327 g/mol. The third-order valence-corrected chi connectivity index (χ3v) is 3.96. The molecule has 1 aromatic rings. The second kappa shape index (κ2) is 8.36. The fourth-order valence-electron chi connectivity index (χ4n) is 2.67. The van der Waals surface area contributed by atoms with Crippen molar-refractivity contribution in [3.05, 3.63) is 24.3 Å². The number of ether oxygens (including phenoxy) is 1. The number of carbonyl (C=O) groups excluding carboxylic acids is 1. The number of hydrogen-bond acceptors (Lipinski definition) is 4. The van der Waals surface area contributed by atoms with Gasteiger partial charge >= 0.3 is 0 Å². The van der Waals surface area contributed by atoms with E-state index >= 15 is 0 Å². The van der Waals surface area contributed by atoms with Crippen molar-refractivity contribution in [1.29, 1.82) is 0 Å². The zero-order valence-corrected chi connectivity index (χ0v) is 14.1. The lowest BCUT2D eigenvalue weighted by molar-refractivity contribution is -0.117.